The van der Waals surface area contributed by atoms with Gasteiger partial charge in [0.05, 0.1) is 24.3 Å². The molecule has 0 unspecified atom stereocenters. The van der Waals surface area contributed by atoms with E-state index in [9.17, 15) is 9.50 Å². The number of terminal acetylenes is 1. The summed E-state index contributed by atoms with van der Waals surface area (Å²) in [6, 6.07) is 5.83. The molecule has 0 saturated carbocycles. The SMILES string of the molecule is C#Cc1c(F)ccc2cc(OCOC)cc(-c3nc4c5c(nc(OC[C@@]67CCCN6C[C@H](F)C7)nc5c3F)N(CCO)CCO4)c12. The number of pyridine rings is 1. The van der Waals surface area contributed by atoms with Crippen LogP contribution >= 0.6 is 0 Å². The van der Waals surface area contributed by atoms with Gasteiger partial charge in [0.25, 0.3) is 0 Å². The fourth-order valence-electron chi connectivity index (χ4n) is 6.98. The van der Waals surface area contributed by atoms with Crippen LogP contribution in [0.2, 0.25) is 0 Å². The Balaban J connectivity index is 1.43. The van der Waals surface area contributed by atoms with Crippen LogP contribution in [-0.2, 0) is 4.74 Å². The van der Waals surface area contributed by atoms with Crippen molar-refractivity contribution in [3.63, 3.8) is 0 Å². The minimum atomic E-state index is -0.951. The Morgan fingerprint density at radius 3 is 2.83 bits per heavy atom. The topological polar surface area (TPSA) is 102 Å². The number of β-amino-alcohol motifs (C(OH)–C–C–N with tert-alkyl or cyclic N) is 1. The number of anilines is 1. The van der Waals surface area contributed by atoms with Gasteiger partial charge >= 0.3 is 6.01 Å². The maximum atomic E-state index is 17.0. The number of nitrogens with zero attached hydrogens (tertiary/aromatic N) is 5. The van der Waals surface area contributed by atoms with Gasteiger partial charge in [0.1, 0.15) is 53.4 Å². The van der Waals surface area contributed by atoms with Gasteiger partial charge in [-0.15, -0.1) is 6.42 Å². The first-order chi connectivity index (χ1) is 22.4. The number of aromatic nitrogens is 3. The zero-order chi connectivity index (χ0) is 32.0. The fraction of sp³-hybridized carbons (Fsp3) is 0.424. The Labute approximate surface area is 263 Å². The molecule has 2 aromatic carbocycles. The Hall–Kier alpha value is -4.38. The molecular weight excluding hydrogens is 603 g/mol. The monoisotopic (exact) mass is 635 g/mol. The van der Waals surface area contributed by atoms with Gasteiger partial charge in [-0.2, -0.15) is 9.97 Å². The molecule has 0 aliphatic carbocycles. The summed E-state index contributed by atoms with van der Waals surface area (Å²) >= 11 is 0. The van der Waals surface area contributed by atoms with Crippen molar-refractivity contribution in [2.75, 3.05) is 64.8 Å². The third-order valence-corrected chi connectivity index (χ3v) is 9.00. The number of rotatable bonds is 9. The smallest absolute Gasteiger partial charge is 0.319 e. The molecule has 3 aliphatic rings. The Bertz CT molecular complexity index is 1870. The molecule has 5 heterocycles. The van der Waals surface area contributed by atoms with Crippen molar-refractivity contribution in [2.45, 2.75) is 31.0 Å². The number of aliphatic hydroxyl groups excluding tert-OH is 1. The highest BCUT2D eigenvalue weighted by Gasteiger charge is 2.49. The maximum absolute atomic E-state index is 17.0. The highest BCUT2D eigenvalue weighted by molar-refractivity contribution is 6.04. The molecule has 0 radical (unpaired) electrons. The van der Waals surface area contributed by atoms with Crippen LogP contribution < -0.4 is 19.1 Å². The molecule has 240 valence electrons. The fourth-order valence-corrected chi connectivity index (χ4v) is 6.98. The minimum absolute atomic E-state index is 0.0556. The zero-order valence-corrected chi connectivity index (χ0v) is 25.2. The molecule has 2 aromatic heterocycles. The van der Waals surface area contributed by atoms with Gasteiger partial charge in [-0.1, -0.05) is 12.0 Å². The third kappa shape index (κ3) is 5.10. The lowest BCUT2D eigenvalue weighted by Gasteiger charge is -2.31. The minimum Gasteiger partial charge on any atom is -0.475 e. The molecule has 2 fully saturated rings. The second kappa shape index (κ2) is 12.1. The van der Waals surface area contributed by atoms with Crippen LogP contribution in [-0.4, -0.2) is 96.6 Å². The molecule has 1 N–H and O–H groups in total. The van der Waals surface area contributed by atoms with Crippen LogP contribution in [0.3, 0.4) is 0 Å². The van der Waals surface area contributed by atoms with E-state index in [2.05, 4.69) is 25.8 Å². The molecular formula is C33H32F3N5O5. The van der Waals surface area contributed by atoms with Crippen molar-refractivity contribution in [2.24, 2.45) is 0 Å². The molecule has 10 nitrogen and oxygen atoms in total. The Morgan fingerprint density at radius 1 is 1.15 bits per heavy atom. The van der Waals surface area contributed by atoms with E-state index in [1.807, 2.05) is 0 Å². The van der Waals surface area contributed by atoms with Crippen molar-refractivity contribution in [1.82, 2.24) is 19.9 Å². The van der Waals surface area contributed by atoms with E-state index in [-0.39, 0.29) is 84.0 Å². The molecule has 46 heavy (non-hydrogen) atoms. The predicted octanol–water partition coefficient (Wildman–Crippen LogP) is 4.23. The molecule has 0 amide bonds. The first-order valence-electron chi connectivity index (χ1n) is 15.1. The number of alkyl halides is 1. The van der Waals surface area contributed by atoms with Crippen LogP contribution in [0.1, 0.15) is 24.8 Å². The second-order valence-corrected chi connectivity index (χ2v) is 11.7. The molecule has 0 spiro atoms. The Kier molecular flexibility index (Phi) is 7.96. The number of fused-ring (bicyclic) bond motifs is 2. The molecule has 2 atom stereocenters. The van der Waals surface area contributed by atoms with E-state index in [4.69, 9.17) is 25.4 Å². The molecule has 2 saturated heterocycles. The maximum Gasteiger partial charge on any atom is 0.319 e. The molecule has 0 bridgehead atoms. The third-order valence-electron chi connectivity index (χ3n) is 9.00. The standard InChI is InChI=1S/C33H32F3N5O5/c1-3-22-24(35)6-5-19-13-21(46-18-43-2)14-23(25(19)22)28-27(36)29-26-30(40(9-11-42)10-12-44-31(26)37-28)39-32(38-29)45-17-33-7-4-8-41(33)16-20(34)15-33/h1,5-6,13-14,20,42H,4,7-12,15-18H2,2H3/t20-,33+/m1/s1. The normalized spacial score (nSPS) is 20.9. The van der Waals surface area contributed by atoms with Gasteiger partial charge in [-0.05, 0) is 43.0 Å². The molecule has 4 aromatic rings. The number of hydrogen-bond acceptors (Lipinski definition) is 10. The number of aliphatic hydroxyl groups is 1. The highest BCUT2D eigenvalue weighted by Crippen LogP contribution is 2.44. The zero-order valence-electron chi connectivity index (χ0n) is 25.2. The number of hydrogen-bond donors (Lipinski definition) is 1. The van der Waals surface area contributed by atoms with E-state index >= 15 is 8.78 Å². The largest absolute Gasteiger partial charge is 0.475 e. The highest BCUT2D eigenvalue weighted by atomic mass is 19.1. The number of benzene rings is 2. The van der Waals surface area contributed by atoms with Gasteiger partial charge in [0.15, 0.2) is 12.6 Å². The van der Waals surface area contributed by atoms with Gasteiger partial charge < -0.3 is 29.0 Å². The average Bonchev–Trinajstić information content (AvgIpc) is 3.52. The van der Waals surface area contributed by atoms with Gasteiger partial charge in [0, 0.05) is 37.6 Å². The summed E-state index contributed by atoms with van der Waals surface area (Å²) in [4.78, 5) is 17.6. The number of halogens is 3. The number of ether oxygens (including phenoxy) is 4. The van der Waals surface area contributed by atoms with Crippen molar-refractivity contribution in [3.05, 3.63) is 41.5 Å². The predicted molar refractivity (Wildman–Crippen MR) is 164 cm³/mol. The Morgan fingerprint density at radius 2 is 2.02 bits per heavy atom. The van der Waals surface area contributed by atoms with Crippen molar-refractivity contribution in [1.29, 1.82) is 0 Å². The second-order valence-electron chi connectivity index (χ2n) is 11.7. The molecule has 7 rings (SSSR count). The first kappa shape index (κ1) is 30.3. The lowest BCUT2D eigenvalue weighted by atomic mass is 9.95. The average molecular weight is 636 g/mol. The summed E-state index contributed by atoms with van der Waals surface area (Å²) < 4.78 is 69.3. The van der Waals surface area contributed by atoms with Crippen LogP contribution in [0, 0.1) is 24.0 Å². The summed E-state index contributed by atoms with van der Waals surface area (Å²) in [6.07, 6.45) is 6.83. The summed E-state index contributed by atoms with van der Waals surface area (Å²) in [5, 5.41) is 10.8. The van der Waals surface area contributed by atoms with Crippen LogP contribution in [0.4, 0.5) is 19.0 Å². The lowest BCUT2D eigenvalue weighted by molar-refractivity contribution is 0.0512. The van der Waals surface area contributed by atoms with Gasteiger partial charge in [0.2, 0.25) is 5.88 Å². The van der Waals surface area contributed by atoms with Crippen LogP contribution in [0.5, 0.6) is 17.6 Å². The lowest BCUT2D eigenvalue weighted by Crippen LogP contribution is -2.43. The van der Waals surface area contributed by atoms with Gasteiger partial charge in [-0.25, -0.2) is 18.2 Å². The quantitative estimate of drug-likeness (QED) is 0.212. The summed E-state index contributed by atoms with van der Waals surface area (Å²) in [5.74, 6) is 1.55. The summed E-state index contributed by atoms with van der Waals surface area (Å²) in [7, 11) is 1.47. The van der Waals surface area contributed by atoms with Crippen molar-refractivity contribution >= 4 is 27.5 Å². The number of methoxy groups -OCH3 is 1. The van der Waals surface area contributed by atoms with E-state index < -0.39 is 23.3 Å². The van der Waals surface area contributed by atoms with Crippen LogP contribution in [0.15, 0.2) is 24.3 Å². The summed E-state index contributed by atoms with van der Waals surface area (Å²) in [5.41, 5.74) is -0.724. The van der Waals surface area contributed by atoms with Crippen LogP contribution in [0.25, 0.3) is 32.9 Å². The summed E-state index contributed by atoms with van der Waals surface area (Å²) in [6.45, 7) is 1.64. The van der Waals surface area contributed by atoms with E-state index in [1.165, 1.54) is 25.3 Å². The van der Waals surface area contributed by atoms with Crippen molar-refractivity contribution < 1.29 is 37.2 Å². The van der Waals surface area contributed by atoms with E-state index in [0.29, 0.717) is 30.6 Å². The van der Waals surface area contributed by atoms with Gasteiger partial charge in [-0.3, -0.25) is 4.90 Å². The van der Waals surface area contributed by atoms with Crippen molar-refractivity contribution in [3.8, 4) is 41.2 Å². The first-order valence-corrected chi connectivity index (χ1v) is 15.1. The molecule has 3 aliphatic heterocycles. The molecule has 13 heteroatoms. The van der Waals surface area contributed by atoms with E-state index in [0.717, 1.165) is 19.4 Å². The van der Waals surface area contributed by atoms with E-state index in [1.54, 1.807) is 11.0 Å².